The molecule has 2 aromatic rings. The maximum Gasteiger partial charge on any atom is 0.259 e. The molecule has 0 heterocycles. The van der Waals surface area contributed by atoms with Crippen molar-refractivity contribution < 1.29 is 19.4 Å². The van der Waals surface area contributed by atoms with Crippen LogP contribution in [0.3, 0.4) is 0 Å². The number of hydrogen-bond donors (Lipinski definition) is 1. The van der Waals surface area contributed by atoms with Crippen LogP contribution in [0.4, 0.5) is 5.69 Å². The zero-order chi connectivity index (χ0) is 16.3. The first-order chi connectivity index (χ1) is 10.4. The number of methoxy groups -OCH3 is 1. The highest BCUT2D eigenvalue weighted by Gasteiger charge is 2.16. The van der Waals surface area contributed by atoms with Gasteiger partial charge in [0.25, 0.3) is 5.91 Å². The number of amides is 1. The van der Waals surface area contributed by atoms with Crippen molar-refractivity contribution in [3.63, 3.8) is 0 Å². The summed E-state index contributed by atoms with van der Waals surface area (Å²) in [6, 6.07) is 9.68. The van der Waals surface area contributed by atoms with Crippen LogP contribution in [0.15, 0.2) is 40.9 Å². The number of carboxylic acid groups (broad SMARTS) is 1. The Morgan fingerprint density at radius 3 is 2.55 bits per heavy atom. The zero-order valence-corrected chi connectivity index (χ0v) is 13.6. The number of anilines is 1. The third-order valence-electron chi connectivity index (χ3n) is 3.14. The van der Waals surface area contributed by atoms with Gasteiger partial charge in [0.1, 0.15) is 5.75 Å². The van der Waals surface area contributed by atoms with Gasteiger partial charge in [-0.1, -0.05) is 34.1 Å². The summed E-state index contributed by atoms with van der Waals surface area (Å²) in [6.07, 6.45) is 0. The lowest BCUT2D eigenvalue weighted by atomic mass is 10.1. The second kappa shape index (κ2) is 6.62. The smallest absolute Gasteiger partial charge is 0.259 e. The third kappa shape index (κ3) is 3.28. The number of ether oxygens (including phenoxy) is 1. The van der Waals surface area contributed by atoms with Crippen LogP contribution < -0.4 is 15.2 Å². The minimum atomic E-state index is -1.35. The van der Waals surface area contributed by atoms with Crippen molar-refractivity contribution in [2.75, 3.05) is 12.4 Å². The van der Waals surface area contributed by atoms with Crippen molar-refractivity contribution >= 4 is 33.5 Å². The maximum atomic E-state index is 12.4. The van der Waals surface area contributed by atoms with E-state index in [0.29, 0.717) is 21.3 Å². The molecule has 114 valence electrons. The Morgan fingerprint density at radius 2 is 1.91 bits per heavy atom. The van der Waals surface area contributed by atoms with Gasteiger partial charge >= 0.3 is 0 Å². The Hall–Kier alpha value is -2.34. The quantitative estimate of drug-likeness (QED) is 0.905. The molecule has 0 radical (unpaired) electrons. The SMILES string of the molecule is COc1ccc(Br)cc1C(=O)Nc1c(C)cccc1C(=O)[O-]. The normalized spacial score (nSPS) is 10.1. The first-order valence-corrected chi connectivity index (χ1v) is 7.19. The lowest BCUT2D eigenvalue weighted by Crippen LogP contribution is -2.25. The van der Waals surface area contributed by atoms with E-state index in [1.54, 1.807) is 37.3 Å². The van der Waals surface area contributed by atoms with Crippen molar-refractivity contribution in [3.8, 4) is 5.75 Å². The molecule has 0 spiro atoms. The molecule has 2 rings (SSSR count). The monoisotopic (exact) mass is 362 g/mol. The van der Waals surface area contributed by atoms with Gasteiger partial charge in [-0.05, 0) is 30.7 Å². The molecule has 0 aliphatic rings. The molecule has 0 aliphatic carbocycles. The molecule has 0 aromatic heterocycles. The summed E-state index contributed by atoms with van der Waals surface area (Å²) in [5.74, 6) is -1.42. The minimum Gasteiger partial charge on any atom is -0.545 e. The van der Waals surface area contributed by atoms with Gasteiger partial charge in [-0.3, -0.25) is 4.79 Å². The number of benzene rings is 2. The molecule has 0 bridgehead atoms. The molecule has 22 heavy (non-hydrogen) atoms. The lowest BCUT2D eigenvalue weighted by molar-refractivity contribution is -0.254. The van der Waals surface area contributed by atoms with Crippen molar-refractivity contribution in [1.82, 2.24) is 0 Å². The fraction of sp³-hybridized carbons (Fsp3) is 0.125. The molecule has 2 aromatic carbocycles. The van der Waals surface area contributed by atoms with Crippen LogP contribution in [0.25, 0.3) is 0 Å². The summed E-state index contributed by atoms with van der Waals surface area (Å²) in [4.78, 5) is 23.6. The van der Waals surface area contributed by atoms with Crippen molar-refractivity contribution in [1.29, 1.82) is 0 Å². The lowest BCUT2D eigenvalue weighted by Gasteiger charge is -2.15. The summed E-state index contributed by atoms with van der Waals surface area (Å²) in [5.41, 5.74) is 1.07. The van der Waals surface area contributed by atoms with Crippen molar-refractivity contribution in [3.05, 3.63) is 57.6 Å². The average Bonchev–Trinajstić information content (AvgIpc) is 2.48. The number of carbonyl (C=O) groups is 2. The fourth-order valence-electron chi connectivity index (χ4n) is 2.04. The number of carboxylic acids is 1. The molecule has 0 saturated carbocycles. The van der Waals surface area contributed by atoms with Gasteiger partial charge in [0.05, 0.1) is 24.3 Å². The largest absolute Gasteiger partial charge is 0.545 e. The van der Waals surface area contributed by atoms with E-state index >= 15 is 0 Å². The molecule has 0 saturated heterocycles. The molecule has 1 N–H and O–H groups in total. The number of hydrogen-bond acceptors (Lipinski definition) is 4. The number of aryl methyl sites for hydroxylation is 1. The fourth-order valence-corrected chi connectivity index (χ4v) is 2.40. The van der Waals surface area contributed by atoms with E-state index in [4.69, 9.17) is 4.74 Å². The first kappa shape index (κ1) is 16.0. The molecule has 5 nitrogen and oxygen atoms in total. The van der Waals surface area contributed by atoms with E-state index < -0.39 is 11.9 Å². The number of nitrogens with one attached hydrogen (secondary N) is 1. The Bertz CT molecular complexity index is 743. The van der Waals surface area contributed by atoms with Crippen LogP contribution >= 0.6 is 15.9 Å². The van der Waals surface area contributed by atoms with E-state index in [9.17, 15) is 14.7 Å². The van der Waals surface area contributed by atoms with Crippen LogP contribution in [0.1, 0.15) is 26.3 Å². The number of aromatic carboxylic acids is 1. The molecular weight excluding hydrogens is 350 g/mol. The van der Waals surface area contributed by atoms with Crippen molar-refractivity contribution in [2.45, 2.75) is 6.92 Å². The number of rotatable bonds is 4. The topological polar surface area (TPSA) is 78.5 Å². The third-order valence-corrected chi connectivity index (χ3v) is 3.63. The molecule has 0 atom stereocenters. The van der Waals surface area contributed by atoms with Crippen LogP contribution in [-0.2, 0) is 0 Å². The number of halogens is 1. The van der Waals surface area contributed by atoms with E-state index in [1.807, 2.05) is 0 Å². The Balaban J connectivity index is 2.42. The summed E-state index contributed by atoms with van der Waals surface area (Å²) < 4.78 is 5.87. The average molecular weight is 363 g/mol. The van der Waals surface area contributed by atoms with Crippen LogP contribution in [0.5, 0.6) is 5.75 Å². The summed E-state index contributed by atoms with van der Waals surface area (Å²) in [5, 5.41) is 13.8. The second-order valence-corrected chi connectivity index (χ2v) is 5.50. The van der Waals surface area contributed by atoms with Gasteiger partial charge in [0.2, 0.25) is 0 Å². The van der Waals surface area contributed by atoms with E-state index in [2.05, 4.69) is 21.2 Å². The van der Waals surface area contributed by atoms with Gasteiger partial charge < -0.3 is 20.0 Å². The molecule has 0 unspecified atom stereocenters. The Kier molecular flexibility index (Phi) is 4.82. The second-order valence-electron chi connectivity index (χ2n) is 4.58. The van der Waals surface area contributed by atoms with Crippen LogP contribution in [0.2, 0.25) is 0 Å². The minimum absolute atomic E-state index is 0.0673. The van der Waals surface area contributed by atoms with Gasteiger partial charge in [0, 0.05) is 10.0 Å². The van der Waals surface area contributed by atoms with E-state index in [-0.39, 0.29) is 11.3 Å². The number of para-hydroxylation sites is 1. The molecule has 0 aliphatic heterocycles. The van der Waals surface area contributed by atoms with Crippen molar-refractivity contribution in [2.24, 2.45) is 0 Å². The van der Waals surface area contributed by atoms with Crippen LogP contribution in [0, 0.1) is 6.92 Å². The van der Waals surface area contributed by atoms with E-state index in [0.717, 1.165) is 0 Å². The first-order valence-electron chi connectivity index (χ1n) is 6.40. The summed E-state index contributed by atoms with van der Waals surface area (Å²) in [7, 11) is 1.46. The van der Waals surface area contributed by atoms with E-state index in [1.165, 1.54) is 13.2 Å². The predicted octanol–water partition coefficient (Wildman–Crippen LogP) is 2.38. The molecule has 0 fully saturated rings. The molecular formula is C16H13BrNO4-. The maximum absolute atomic E-state index is 12.4. The standard InChI is InChI=1S/C16H14BrNO4/c1-9-4-3-5-11(16(20)21)14(9)18-15(19)12-8-10(17)6-7-13(12)22-2/h3-8H,1-2H3,(H,18,19)(H,20,21)/p-1. The zero-order valence-electron chi connectivity index (χ0n) is 12.0. The highest BCUT2D eigenvalue weighted by Crippen LogP contribution is 2.26. The van der Waals surface area contributed by atoms with Crippen LogP contribution in [-0.4, -0.2) is 19.0 Å². The van der Waals surface area contributed by atoms with Gasteiger partial charge in [-0.25, -0.2) is 0 Å². The predicted molar refractivity (Wildman–Crippen MR) is 84.2 cm³/mol. The van der Waals surface area contributed by atoms with Gasteiger partial charge in [0.15, 0.2) is 0 Å². The summed E-state index contributed by atoms with van der Waals surface area (Å²) >= 11 is 3.29. The summed E-state index contributed by atoms with van der Waals surface area (Å²) in [6.45, 7) is 1.71. The number of carbonyl (C=O) groups excluding carboxylic acids is 2. The van der Waals surface area contributed by atoms with Gasteiger partial charge in [-0.15, -0.1) is 0 Å². The Morgan fingerprint density at radius 1 is 1.18 bits per heavy atom. The highest BCUT2D eigenvalue weighted by atomic mass is 79.9. The highest BCUT2D eigenvalue weighted by molar-refractivity contribution is 9.10. The molecule has 6 heteroatoms. The van der Waals surface area contributed by atoms with Gasteiger partial charge in [-0.2, -0.15) is 0 Å². The Labute approximate surface area is 136 Å². The molecule has 1 amide bonds.